The molecule has 0 amide bonds. The molecule has 0 aliphatic carbocycles. The molecule has 2 aromatic rings. The zero-order valence-corrected chi connectivity index (χ0v) is 17.9. The number of carbonyl (C=O) groups excluding carboxylic acids is 2. The first kappa shape index (κ1) is 24.7. The summed E-state index contributed by atoms with van der Waals surface area (Å²) in [4.78, 5) is 30.3. The van der Waals surface area contributed by atoms with Crippen LogP contribution >= 0.6 is 11.6 Å². The summed E-state index contributed by atoms with van der Waals surface area (Å²) < 4.78 is 59.4. The highest BCUT2D eigenvalue weighted by Gasteiger charge is 2.55. The van der Waals surface area contributed by atoms with E-state index in [-0.39, 0.29) is 16.8 Å². The van der Waals surface area contributed by atoms with Gasteiger partial charge in [0.15, 0.2) is 5.78 Å². The van der Waals surface area contributed by atoms with Crippen LogP contribution in [0.2, 0.25) is 5.02 Å². The second-order valence-corrected chi connectivity index (χ2v) is 8.41. The lowest BCUT2D eigenvalue weighted by atomic mass is 9.62. The molecule has 5 nitrogen and oxygen atoms in total. The maximum Gasteiger partial charge on any atom is 0.416 e. The summed E-state index contributed by atoms with van der Waals surface area (Å²) in [7, 11) is 1.01. The summed E-state index contributed by atoms with van der Waals surface area (Å²) >= 11 is 5.88. The van der Waals surface area contributed by atoms with Crippen LogP contribution in [0.15, 0.2) is 36.5 Å². The molecular weight excluding hydrogens is 440 g/mol. The molecule has 1 aromatic heterocycles. The first-order valence-corrected chi connectivity index (χ1v) is 9.42. The van der Waals surface area contributed by atoms with E-state index in [0.717, 1.165) is 19.4 Å². The highest BCUT2D eigenvalue weighted by molar-refractivity contribution is 6.30. The molecule has 0 radical (unpaired) electrons. The van der Waals surface area contributed by atoms with Crippen LogP contribution in [-0.2, 0) is 25.9 Å². The lowest BCUT2D eigenvalue weighted by Gasteiger charge is -2.40. The zero-order valence-electron chi connectivity index (χ0n) is 17.2. The molecule has 1 aromatic carbocycles. The van der Waals surface area contributed by atoms with E-state index < -0.39 is 51.7 Å². The molecule has 0 saturated heterocycles. The number of ketones is 1. The maximum absolute atomic E-state index is 14.4. The molecule has 2 rings (SSSR count). The van der Waals surface area contributed by atoms with E-state index in [9.17, 15) is 27.2 Å². The molecule has 0 spiro atoms. The average molecular weight is 461 g/mol. The first-order chi connectivity index (χ1) is 14.1. The molecule has 2 atom stereocenters. The van der Waals surface area contributed by atoms with Gasteiger partial charge in [-0.15, -0.1) is 0 Å². The zero-order chi connectivity index (χ0) is 23.8. The van der Waals surface area contributed by atoms with Crippen molar-refractivity contribution in [3.63, 3.8) is 0 Å². The second kappa shape index (κ2) is 8.55. The number of hydrogen-bond acceptors (Lipinski definition) is 5. The molecule has 0 bridgehead atoms. The molecule has 0 fully saturated rings. The lowest BCUT2D eigenvalue weighted by Crippen LogP contribution is -2.59. The van der Waals surface area contributed by atoms with Gasteiger partial charge in [0.2, 0.25) is 0 Å². The molecule has 31 heavy (non-hydrogen) atoms. The largest absolute Gasteiger partial charge is 0.468 e. The number of ether oxygens (including phenoxy) is 1. The summed E-state index contributed by atoms with van der Waals surface area (Å²) in [5.41, 5.74) is 0.626. The van der Waals surface area contributed by atoms with Gasteiger partial charge in [0, 0.05) is 11.6 Å². The van der Waals surface area contributed by atoms with Crippen LogP contribution in [0.25, 0.3) is 0 Å². The molecule has 0 aliphatic rings. The van der Waals surface area contributed by atoms with Crippen LogP contribution < -0.4 is 5.73 Å². The summed E-state index contributed by atoms with van der Waals surface area (Å²) in [5, 5.41) is 0.169. The van der Waals surface area contributed by atoms with Crippen LogP contribution in [0.1, 0.15) is 37.6 Å². The van der Waals surface area contributed by atoms with Crippen molar-refractivity contribution in [2.75, 3.05) is 7.11 Å². The molecule has 10 heteroatoms. The van der Waals surface area contributed by atoms with Crippen LogP contribution in [0, 0.1) is 11.2 Å². The van der Waals surface area contributed by atoms with Crippen molar-refractivity contribution >= 4 is 23.4 Å². The van der Waals surface area contributed by atoms with Crippen molar-refractivity contribution in [2.24, 2.45) is 11.1 Å². The standard InChI is InChI=1S/C21H21ClF4N2O3/c1-19(2,3)18(30)20(16(27)17(29)31-4,15-6-5-13(22)10-28-15)11-7-12(21(24,25)26)9-14(23)8-11/h5-10,16H,27H2,1-4H3/t16-,20-/m1/s1. The number of methoxy groups -OCH3 is 1. The Morgan fingerprint density at radius 2 is 1.68 bits per heavy atom. The third-order valence-corrected chi connectivity index (χ3v) is 5.00. The van der Waals surface area contributed by atoms with Gasteiger partial charge in [0.1, 0.15) is 17.3 Å². The fourth-order valence-electron chi connectivity index (χ4n) is 3.36. The lowest BCUT2D eigenvalue weighted by molar-refractivity contribution is -0.147. The Morgan fingerprint density at radius 3 is 2.13 bits per heavy atom. The minimum atomic E-state index is -4.92. The van der Waals surface area contributed by atoms with E-state index >= 15 is 0 Å². The Bertz CT molecular complexity index is 988. The molecule has 0 aliphatic heterocycles. The average Bonchev–Trinajstić information content (AvgIpc) is 2.67. The van der Waals surface area contributed by atoms with Gasteiger partial charge in [-0.05, 0) is 35.9 Å². The fraction of sp³-hybridized carbons (Fsp3) is 0.381. The molecule has 2 N–H and O–H groups in total. The Hall–Kier alpha value is -2.52. The van der Waals surface area contributed by atoms with E-state index in [2.05, 4.69) is 9.72 Å². The van der Waals surface area contributed by atoms with Gasteiger partial charge in [0.05, 0.1) is 23.4 Å². The number of nitrogens with two attached hydrogens (primary N) is 1. The number of carbonyl (C=O) groups is 2. The van der Waals surface area contributed by atoms with Crippen LogP contribution in [-0.4, -0.2) is 29.9 Å². The van der Waals surface area contributed by atoms with Gasteiger partial charge in [-0.2, -0.15) is 13.2 Å². The summed E-state index contributed by atoms with van der Waals surface area (Å²) in [6.07, 6.45) is -3.77. The van der Waals surface area contributed by atoms with E-state index in [1.54, 1.807) is 0 Å². The monoisotopic (exact) mass is 460 g/mol. The van der Waals surface area contributed by atoms with Gasteiger partial charge in [0.25, 0.3) is 0 Å². The highest BCUT2D eigenvalue weighted by atomic mass is 35.5. The second-order valence-electron chi connectivity index (χ2n) is 7.98. The number of halogens is 5. The van der Waals surface area contributed by atoms with E-state index in [0.29, 0.717) is 6.07 Å². The van der Waals surface area contributed by atoms with Gasteiger partial charge in [-0.1, -0.05) is 32.4 Å². The SMILES string of the molecule is COC(=O)[C@@H](N)[C@@](C(=O)C(C)(C)C)(c1cc(F)cc(C(F)(F)F)c1)c1ccc(Cl)cn1. The minimum absolute atomic E-state index is 0.169. The van der Waals surface area contributed by atoms with Crippen molar-refractivity contribution in [1.82, 2.24) is 4.98 Å². The Balaban J connectivity index is 3.06. The van der Waals surface area contributed by atoms with Gasteiger partial charge >= 0.3 is 12.1 Å². The number of alkyl halides is 3. The fourth-order valence-corrected chi connectivity index (χ4v) is 3.47. The van der Waals surface area contributed by atoms with Crippen LogP contribution in [0.3, 0.4) is 0 Å². The molecule has 1 heterocycles. The number of Topliss-reactive ketones (excluding diaryl/α,β-unsaturated/α-hetero) is 1. The normalized spacial score (nSPS) is 15.2. The highest BCUT2D eigenvalue weighted by Crippen LogP contribution is 2.43. The van der Waals surface area contributed by atoms with Crippen molar-refractivity contribution in [3.05, 3.63) is 64.2 Å². The van der Waals surface area contributed by atoms with Gasteiger partial charge < -0.3 is 10.5 Å². The van der Waals surface area contributed by atoms with E-state index in [1.807, 2.05) is 0 Å². The Morgan fingerprint density at radius 1 is 1.10 bits per heavy atom. The number of nitrogens with zero attached hydrogens (tertiary/aromatic N) is 1. The molecular formula is C21H21ClF4N2O3. The van der Waals surface area contributed by atoms with Crippen molar-refractivity contribution in [2.45, 2.75) is 38.4 Å². The number of pyridine rings is 1. The van der Waals surface area contributed by atoms with Crippen LogP contribution in [0.4, 0.5) is 17.6 Å². The maximum atomic E-state index is 14.4. The molecule has 168 valence electrons. The van der Waals surface area contributed by atoms with Crippen molar-refractivity contribution in [3.8, 4) is 0 Å². The summed E-state index contributed by atoms with van der Waals surface area (Å²) in [6, 6.07) is 2.37. The third kappa shape index (κ3) is 4.72. The Labute approximate surface area is 181 Å². The van der Waals surface area contributed by atoms with E-state index in [1.165, 1.54) is 32.9 Å². The number of aromatic nitrogens is 1. The van der Waals surface area contributed by atoms with Gasteiger partial charge in [-0.3, -0.25) is 14.6 Å². The number of benzene rings is 1. The van der Waals surface area contributed by atoms with Crippen LogP contribution in [0.5, 0.6) is 0 Å². The number of rotatable bonds is 5. The molecule has 0 unspecified atom stereocenters. The summed E-state index contributed by atoms with van der Waals surface area (Å²) in [5.74, 6) is -3.11. The Kier molecular flexibility index (Phi) is 6.82. The third-order valence-electron chi connectivity index (χ3n) is 4.77. The topological polar surface area (TPSA) is 82.3 Å². The summed E-state index contributed by atoms with van der Waals surface area (Å²) in [6.45, 7) is 4.48. The predicted molar refractivity (Wildman–Crippen MR) is 106 cm³/mol. The molecule has 0 saturated carbocycles. The smallest absolute Gasteiger partial charge is 0.416 e. The first-order valence-electron chi connectivity index (χ1n) is 9.04. The van der Waals surface area contributed by atoms with Gasteiger partial charge in [-0.25, -0.2) is 4.39 Å². The van der Waals surface area contributed by atoms with Crippen molar-refractivity contribution < 1.29 is 31.9 Å². The quantitative estimate of drug-likeness (QED) is 0.531. The van der Waals surface area contributed by atoms with E-state index in [4.69, 9.17) is 17.3 Å². The number of hydrogen-bond donors (Lipinski definition) is 1. The predicted octanol–water partition coefficient (Wildman–Crippen LogP) is 4.29. The minimum Gasteiger partial charge on any atom is -0.468 e. The van der Waals surface area contributed by atoms with Crippen molar-refractivity contribution in [1.29, 1.82) is 0 Å². The number of esters is 1.